The van der Waals surface area contributed by atoms with Crippen LogP contribution in [0.1, 0.15) is 19.8 Å². The van der Waals surface area contributed by atoms with Crippen LogP contribution in [-0.2, 0) is 10.2 Å². The average Bonchev–Trinajstić information content (AvgIpc) is 2.36. The number of aliphatic hydroxyl groups is 1. The minimum atomic E-state index is -3.41. The van der Waals surface area contributed by atoms with E-state index in [0.29, 0.717) is 19.6 Å². The van der Waals surface area contributed by atoms with Gasteiger partial charge in [0.1, 0.15) is 0 Å². The molecule has 1 aliphatic heterocycles. The van der Waals surface area contributed by atoms with Crippen molar-refractivity contribution in [1.29, 1.82) is 0 Å². The summed E-state index contributed by atoms with van der Waals surface area (Å²) in [7, 11) is 0.427. The van der Waals surface area contributed by atoms with Crippen LogP contribution in [0.4, 0.5) is 0 Å². The maximum Gasteiger partial charge on any atom is 0.279 e. The van der Waals surface area contributed by atoms with Gasteiger partial charge in [-0.1, -0.05) is 0 Å². The third-order valence-corrected chi connectivity index (χ3v) is 5.07. The Morgan fingerprint density at radius 1 is 1.50 bits per heavy atom. The molecule has 6 nitrogen and oxygen atoms in total. The first-order valence-corrected chi connectivity index (χ1v) is 7.83. The number of hydrogen-bond donors (Lipinski definition) is 2. The minimum absolute atomic E-state index is 0.0557. The summed E-state index contributed by atoms with van der Waals surface area (Å²) < 4.78 is 28.3. The Morgan fingerprint density at radius 2 is 2.17 bits per heavy atom. The lowest BCUT2D eigenvalue weighted by atomic mass is 10.0. The Labute approximate surface area is 110 Å². The zero-order valence-corrected chi connectivity index (χ0v) is 12.3. The van der Waals surface area contributed by atoms with Gasteiger partial charge in [-0.2, -0.15) is 12.7 Å². The molecule has 1 saturated heterocycles. The molecule has 0 aromatic heterocycles. The highest BCUT2D eigenvalue weighted by atomic mass is 32.2. The lowest BCUT2D eigenvalue weighted by molar-refractivity contribution is 0.164. The van der Waals surface area contributed by atoms with Gasteiger partial charge in [-0.05, 0) is 39.8 Å². The van der Waals surface area contributed by atoms with Gasteiger partial charge in [0.25, 0.3) is 10.2 Å². The third kappa shape index (κ3) is 4.47. The van der Waals surface area contributed by atoms with Crippen molar-refractivity contribution in [3.8, 4) is 0 Å². The highest BCUT2D eigenvalue weighted by Gasteiger charge is 2.28. The van der Waals surface area contributed by atoms with Crippen molar-refractivity contribution in [2.75, 3.05) is 40.3 Å². The molecule has 1 fully saturated rings. The van der Waals surface area contributed by atoms with Crippen LogP contribution in [0.25, 0.3) is 0 Å². The van der Waals surface area contributed by atoms with Gasteiger partial charge in [-0.25, -0.2) is 4.72 Å². The first-order valence-electron chi connectivity index (χ1n) is 6.39. The van der Waals surface area contributed by atoms with Crippen LogP contribution in [0.3, 0.4) is 0 Å². The number of rotatable bonds is 6. The van der Waals surface area contributed by atoms with Crippen molar-refractivity contribution in [2.45, 2.75) is 25.8 Å². The Kier molecular flexibility index (Phi) is 6.00. The topological polar surface area (TPSA) is 72.9 Å². The summed E-state index contributed by atoms with van der Waals surface area (Å²) in [6, 6.07) is 0.151. The molecule has 0 radical (unpaired) electrons. The number of likely N-dealkylation sites (N-methyl/N-ethyl adjacent to an activating group) is 1. The SMILES string of the molecule is CC(CNS(=O)(=O)N1CCCC(CO)C1)N(C)C. The van der Waals surface area contributed by atoms with E-state index >= 15 is 0 Å². The maximum absolute atomic E-state index is 12.1. The average molecular weight is 279 g/mol. The number of nitrogens with one attached hydrogen (secondary N) is 1. The lowest BCUT2D eigenvalue weighted by Crippen LogP contribution is -2.49. The summed E-state index contributed by atoms with van der Waals surface area (Å²) >= 11 is 0. The number of hydrogen-bond acceptors (Lipinski definition) is 4. The van der Waals surface area contributed by atoms with Gasteiger partial charge in [-0.3, -0.25) is 0 Å². The van der Waals surface area contributed by atoms with E-state index in [2.05, 4.69) is 4.72 Å². The normalized spacial score (nSPS) is 24.4. The van der Waals surface area contributed by atoms with Gasteiger partial charge in [0.2, 0.25) is 0 Å². The molecule has 0 saturated carbocycles. The summed E-state index contributed by atoms with van der Waals surface area (Å²) in [6.07, 6.45) is 1.71. The molecule has 0 aromatic rings. The van der Waals surface area contributed by atoms with E-state index in [1.54, 1.807) is 0 Å². The Balaban J connectivity index is 2.52. The smallest absolute Gasteiger partial charge is 0.279 e. The van der Waals surface area contributed by atoms with Crippen LogP contribution in [0, 0.1) is 5.92 Å². The van der Waals surface area contributed by atoms with Crippen molar-refractivity contribution >= 4 is 10.2 Å². The van der Waals surface area contributed by atoms with Crippen molar-refractivity contribution in [3.05, 3.63) is 0 Å². The van der Waals surface area contributed by atoms with Crippen molar-refractivity contribution in [3.63, 3.8) is 0 Å². The molecule has 0 bridgehead atoms. The quantitative estimate of drug-likeness (QED) is 0.686. The Morgan fingerprint density at radius 3 is 2.72 bits per heavy atom. The van der Waals surface area contributed by atoms with Gasteiger partial charge >= 0.3 is 0 Å². The van der Waals surface area contributed by atoms with Gasteiger partial charge in [-0.15, -0.1) is 0 Å². The number of nitrogens with zero attached hydrogens (tertiary/aromatic N) is 2. The summed E-state index contributed by atoms with van der Waals surface area (Å²) in [5.41, 5.74) is 0. The van der Waals surface area contributed by atoms with Crippen LogP contribution < -0.4 is 4.72 Å². The molecular weight excluding hydrogens is 254 g/mol. The third-order valence-electron chi connectivity index (χ3n) is 3.52. The summed E-state index contributed by atoms with van der Waals surface area (Å²) in [4.78, 5) is 1.97. The molecule has 1 heterocycles. The molecule has 2 atom stereocenters. The van der Waals surface area contributed by atoms with E-state index in [-0.39, 0.29) is 18.6 Å². The number of piperidine rings is 1. The molecule has 1 rings (SSSR count). The maximum atomic E-state index is 12.1. The molecule has 18 heavy (non-hydrogen) atoms. The van der Waals surface area contributed by atoms with E-state index < -0.39 is 10.2 Å². The lowest BCUT2D eigenvalue weighted by Gasteiger charge is -2.31. The summed E-state index contributed by atoms with van der Waals surface area (Å²) in [6.45, 7) is 3.38. The molecular formula is C11H25N3O3S. The van der Waals surface area contributed by atoms with Gasteiger partial charge in [0.05, 0.1) is 0 Å². The number of aliphatic hydroxyl groups excluding tert-OH is 1. The fourth-order valence-corrected chi connectivity index (χ4v) is 3.30. The molecule has 0 amide bonds. The summed E-state index contributed by atoms with van der Waals surface area (Å²) in [5.74, 6) is 0.0709. The first kappa shape index (κ1) is 15.8. The second kappa shape index (κ2) is 6.81. The minimum Gasteiger partial charge on any atom is -0.396 e. The van der Waals surface area contributed by atoms with E-state index in [1.165, 1.54) is 4.31 Å². The van der Waals surface area contributed by atoms with E-state index in [9.17, 15) is 8.42 Å². The van der Waals surface area contributed by atoms with Crippen molar-refractivity contribution < 1.29 is 13.5 Å². The molecule has 0 aliphatic carbocycles. The predicted octanol–water partition coefficient (Wildman–Crippen LogP) is -0.525. The monoisotopic (exact) mass is 279 g/mol. The molecule has 108 valence electrons. The second-order valence-corrected chi connectivity index (χ2v) is 6.97. The van der Waals surface area contributed by atoms with E-state index in [4.69, 9.17) is 5.11 Å². The highest BCUT2D eigenvalue weighted by Crippen LogP contribution is 2.17. The fourth-order valence-electron chi connectivity index (χ4n) is 1.89. The van der Waals surface area contributed by atoms with Crippen LogP contribution in [0.15, 0.2) is 0 Å². The summed E-state index contributed by atoms with van der Waals surface area (Å²) in [5, 5.41) is 9.12. The molecule has 2 N–H and O–H groups in total. The standard InChI is InChI=1S/C11H25N3O3S/c1-10(13(2)3)7-12-18(16,17)14-6-4-5-11(8-14)9-15/h10-12,15H,4-9H2,1-3H3. The van der Waals surface area contributed by atoms with Gasteiger partial charge in [0.15, 0.2) is 0 Å². The molecule has 2 unspecified atom stereocenters. The molecule has 1 aliphatic rings. The van der Waals surface area contributed by atoms with Crippen LogP contribution in [0.5, 0.6) is 0 Å². The predicted molar refractivity (Wildman–Crippen MR) is 71.5 cm³/mol. The van der Waals surface area contributed by atoms with Gasteiger partial charge < -0.3 is 10.0 Å². The van der Waals surface area contributed by atoms with Crippen LogP contribution in [0.2, 0.25) is 0 Å². The first-order chi connectivity index (χ1) is 8.36. The van der Waals surface area contributed by atoms with E-state index in [0.717, 1.165) is 12.8 Å². The Hall–Kier alpha value is -0.210. The highest BCUT2D eigenvalue weighted by molar-refractivity contribution is 7.87. The van der Waals surface area contributed by atoms with Crippen LogP contribution >= 0.6 is 0 Å². The second-order valence-electron chi connectivity index (χ2n) is 5.21. The van der Waals surface area contributed by atoms with E-state index in [1.807, 2.05) is 25.9 Å². The fraction of sp³-hybridized carbons (Fsp3) is 1.00. The molecule has 0 aromatic carbocycles. The van der Waals surface area contributed by atoms with Gasteiger partial charge in [0, 0.05) is 32.3 Å². The van der Waals surface area contributed by atoms with Crippen LogP contribution in [-0.4, -0.2) is 69.1 Å². The Bertz CT molecular complexity index is 345. The molecule has 7 heteroatoms. The molecule has 0 spiro atoms. The van der Waals surface area contributed by atoms with Crippen molar-refractivity contribution in [2.24, 2.45) is 5.92 Å². The van der Waals surface area contributed by atoms with Crippen molar-refractivity contribution in [1.82, 2.24) is 13.9 Å². The zero-order chi connectivity index (χ0) is 13.8. The zero-order valence-electron chi connectivity index (χ0n) is 11.5. The largest absolute Gasteiger partial charge is 0.396 e.